The summed E-state index contributed by atoms with van der Waals surface area (Å²) in [6, 6.07) is 15.2. The first-order chi connectivity index (χ1) is 16.8. The number of carbonyl (C=O) groups is 3. The number of nitrogens with zero attached hydrogens (tertiary/aromatic N) is 1. The predicted molar refractivity (Wildman–Crippen MR) is 130 cm³/mol. The van der Waals surface area contributed by atoms with E-state index in [-0.39, 0.29) is 56.2 Å². The van der Waals surface area contributed by atoms with Crippen molar-refractivity contribution in [2.24, 2.45) is 11.8 Å². The molecule has 0 saturated carbocycles. The Bertz CT molecular complexity index is 1060. The summed E-state index contributed by atoms with van der Waals surface area (Å²) in [5.74, 6) is -1.61. The van der Waals surface area contributed by atoms with Crippen LogP contribution in [0.3, 0.4) is 0 Å². The first-order valence-electron chi connectivity index (χ1n) is 12.1. The van der Waals surface area contributed by atoms with Gasteiger partial charge in [-0.15, -0.1) is 0 Å². The number of carbonyl (C=O) groups excluding carboxylic acids is 2. The second kappa shape index (κ2) is 10.5. The summed E-state index contributed by atoms with van der Waals surface area (Å²) >= 11 is 0. The van der Waals surface area contributed by atoms with Crippen LogP contribution in [-0.2, 0) is 14.3 Å². The first kappa shape index (κ1) is 24.7. The van der Waals surface area contributed by atoms with E-state index in [0.717, 1.165) is 22.3 Å². The van der Waals surface area contributed by atoms with E-state index in [1.54, 1.807) is 0 Å². The zero-order valence-electron chi connectivity index (χ0n) is 20.0. The second-order valence-electron chi connectivity index (χ2n) is 9.70. The molecule has 1 unspecified atom stereocenters. The number of rotatable bonds is 8. The van der Waals surface area contributed by atoms with Gasteiger partial charge in [0.15, 0.2) is 0 Å². The molecule has 3 atom stereocenters. The fourth-order valence-corrected chi connectivity index (χ4v) is 5.07. The van der Waals surface area contributed by atoms with Gasteiger partial charge in [0, 0.05) is 31.8 Å². The molecule has 35 heavy (non-hydrogen) atoms. The molecule has 0 radical (unpaired) electrons. The van der Waals surface area contributed by atoms with Crippen LogP contribution in [0.5, 0.6) is 0 Å². The molecule has 1 aliphatic carbocycles. The average Bonchev–Trinajstić information content (AvgIpc) is 3.38. The normalized spacial score (nSPS) is 19.8. The van der Waals surface area contributed by atoms with Gasteiger partial charge in [0.1, 0.15) is 12.6 Å². The molecule has 8 nitrogen and oxygen atoms in total. The van der Waals surface area contributed by atoms with Crippen LogP contribution in [-0.4, -0.2) is 64.9 Å². The third kappa shape index (κ3) is 5.32. The third-order valence-electron chi connectivity index (χ3n) is 7.12. The van der Waals surface area contributed by atoms with Crippen LogP contribution in [0.2, 0.25) is 0 Å². The quantitative estimate of drug-likeness (QED) is 0.534. The number of carboxylic acids is 1. The van der Waals surface area contributed by atoms with E-state index < -0.39 is 24.2 Å². The van der Waals surface area contributed by atoms with Crippen LogP contribution in [0.1, 0.15) is 43.7 Å². The highest BCUT2D eigenvalue weighted by atomic mass is 16.5. The molecule has 0 bridgehead atoms. The van der Waals surface area contributed by atoms with Crippen LogP contribution in [0.4, 0.5) is 4.79 Å². The Morgan fingerprint density at radius 1 is 1.06 bits per heavy atom. The maximum Gasteiger partial charge on any atom is 0.407 e. The SMILES string of the molecule is CC(C)C(CNC(=O)OCC1c2ccccc2-c2ccccc21)CC(=O)N1C[C@H](O)C[C@@H]1C(=O)O. The number of fused-ring (bicyclic) bond motifs is 3. The van der Waals surface area contributed by atoms with Gasteiger partial charge in [0.05, 0.1) is 6.10 Å². The van der Waals surface area contributed by atoms with E-state index in [1.807, 2.05) is 38.1 Å². The number of ether oxygens (including phenoxy) is 1. The minimum atomic E-state index is -1.12. The van der Waals surface area contributed by atoms with Gasteiger partial charge in [-0.05, 0) is 34.1 Å². The maximum absolute atomic E-state index is 12.8. The van der Waals surface area contributed by atoms with Gasteiger partial charge in [0.2, 0.25) is 5.91 Å². The Labute approximate surface area is 204 Å². The number of aliphatic hydroxyl groups is 1. The molecular weight excluding hydrogens is 448 g/mol. The molecule has 2 amide bonds. The number of aliphatic hydroxyl groups excluding tert-OH is 1. The lowest BCUT2D eigenvalue weighted by Gasteiger charge is -2.26. The van der Waals surface area contributed by atoms with E-state index in [4.69, 9.17) is 4.74 Å². The van der Waals surface area contributed by atoms with E-state index in [0.29, 0.717) is 0 Å². The molecule has 1 aliphatic heterocycles. The highest BCUT2D eigenvalue weighted by Crippen LogP contribution is 2.44. The molecule has 2 aromatic rings. The number of amides is 2. The molecule has 0 aromatic heterocycles. The number of nitrogens with one attached hydrogen (secondary N) is 1. The first-order valence-corrected chi connectivity index (χ1v) is 12.1. The Hall–Kier alpha value is -3.39. The highest BCUT2D eigenvalue weighted by molar-refractivity contribution is 5.84. The number of alkyl carbamates (subject to hydrolysis) is 1. The van der Waals surface area contributed by atoms with Crippen LogP contribution in [0.15, 0.2) is 48.5 Å². The number of hydrogen-bond donors (Lipinski definition) is 3. The van der Waals surface area contributed by atoms with E-state index in [9.17, 15) is 24.6 Å². The minimum absolute atomic E-state index is 0.0143. The zero-order chi connectivity index (χ0) is 25.1. The van der Waals surface area contributed by atoms with Crippen LogP contribution < -0.4 is 5.32 Å². The Balaban J connectivity index is 1.33. The Morgan fingerprint density at radius 2 is 1.66 bits per heavy atom. The fraction of sp³-hybridized carbons (Fsp3) is 0.444. The summed E-state index contributed by atoms with van der Waals surface area (Å²) in [6.07, 6.45) is -1.27. The molecule has 186 valence electrons. The molecule has 8 heteroatoms. The molecular formula is C27H32N2O6. The monoisotopic (exact) mass is 480 g/mol. The number of benzene rings is 2. The predicted octanol–water partition coefficient (Wildman–Crippen LogP) is 3.23. The number of hydrogen-bond acceptors (Lipinski definition) is 5. The lowest BCUT2D eigenvalue weighted by atomic mass is 9.91. The lowest BCUT2D eigenvalue weighted by Crippen LogP contribution is -2.43. The lowest BCUT2D eigenvalue weighted by molar-refractivity contribution is -0.148. The van der Waals surface area contributed by atoms with E-state index in [1.165, 1.54) is 4.90 Å². The second-order valence-corrected chi connectivity index (χ2v) is 9.70. The van der Waals surface area contributed by atoms with E-state index >= 15 is 0 Å². The summed E-state index contributed by atoms with van der Waals surface area (Å²) in [7, 11) is 0. The van der Waals surface area contributed by atoms with Crippen molar-refractivity contribution in [3.8, 4) is 11.1 Å². The highest BCUT2D eigenvalue weighted by Gasteiger charge is 2.39. The van der Waals surface area contributed by atoms with Gasteiger partial charge >= 0.3 is 12.1 Å². The van der Waals surface area contributed by atoms with Crippen molar-refractivity contribution in [3.05, 3.63) is 59.7 Å². The Kier molecular flexibility index (Phi) is 7.40. The van der Waals surface area contributed by atoms with Crippen LogP contribution >= 0.6 is 0 Å². The van der Waals surface area contributed by atoms with Crippen molar-refractivity contribution < 1.29 is 29.3 Å². The van der Waals surface area contributed by atoms with Crippen molar-refractivity contribution in [1.29, 1.82) is 0 Å². The summed E-state index contributed by atoms with van der Waals surface area (Å²) in [5.41, 5.74) is 4.57. The molecule has 0 spiro atoms. The summed E-state index contributed by atoms with van der Waals surface area (Å²) in [5, 5.41) is 22.0. The molecule has 4 rings (SSSR count). The van der Waals surface area contributed by atoms with Gasteiger partial charge in [-0.1, -0.05) is 62.4 Å². The number of likely N-dealkylation sites (tertiary alicyclic amines) is 1. The van der Waals surface area contributed by atoms with Crippen molar-refractivity contribution >= 4 is 18.0 Å². The van der Waals surface area contributed by atoms with E-state index in [2.05, 4.69) is 29.6 Å². The molecule has 1 fully saturated rings. The van der Waals surface area contributed by atoms with Crippen molar-refractivity contribution in [3.63, 3.8) is 0 Å². The molecule has 1 saturated heterocycles. The van der Waals surface area contributed by atoms with Gasteiger partial charge in [-0.2, -0.15) is 0 Å². The van der Waals surface area contributed by atoms with Crippen molar-refractivity contribution in [1.82, 2.24) is 10.2 Å². The van der Waals surface area contributed by atoms with Crippen LogP contribution in [0.25, 0.3) is 11.1 Å². The smallest absolute Gasteiger partial charge is 0.407 e. The van der Waals surface area contributed by atoms with Crippen molar-refractivity contribution in [2.45, 2.75) is 44.8 Å². The molecule has 2 aliphatic rings. The fourth-order valence-electron chi connectivity index (χ4n) is 5.07. The Morgan fingerprint density at radius 3 is 2.23 bits per heavy atom. The number of β-amino-alcohol motifs (C(OH)–C–C–N with tert-alkyl or cyclic N) is 1. The molecule has 1 heterocycles. The standard InChI is InChI=1S/C27H32N2O6/c1-16(2)17(11-25(31)29-14-18(30)12-24(29)26(32)33)13-28-27(34)35-15-23-21-9-5-3-7-19(21)20-8-4-6-10-22(20)23/h3-10,16-18,23-24,30H,11-15H2,1-2H3,(H,28,34)(H,32,33)/t17?,18-,24-/m1/s1. The summed E-state index contributed by atoms with van der Waals surface area (Å²) < 4.78 is 5.58. The van der Waals surface area contributed by atoms with Crippen molar-refractivity contribution in [2.75, 3.05) is 19.7 Å². The van der Waals surface area contributed by atoms with Gasteiger partial charge in [-0.3, -0.25) is 4.79 Å². The van der Waals surface area contributed by atoms with Crippen LogP contribution in [0, 0.1) is 11.8 Å². The third-order valence-corrected chi connectivity index (χ3v) is 7.12. The van der Waals surface area contributed by atoms with Gasteiger partial charge in [-0.25, -0.2) is 9.59 Å². The largest absolute Gasteiger partial charge is 0.480 e. The minimum Gasteiger partial charge on any atom is -0.480 e. The zero-order valence-corrected chi connectivity index (χ0v) is 20.0. The molecule has 3 N–H and O–H groups in total. The average molecular weight is 481 g/mol. The maximum atomic E-state index is 12.8. The topological polar surface area (TPSA) is 116 Å². The molecule has 2 aromatic carbocycles. The van der Waals surface area contributed by atoms with Gasteiger partial charge in [0.25, 0.3) is 0 Å². The summed E-state index contributed by atoms with van der Waals surface area (Å²) in [6.45, 7) is 4.35. The summed E-state index contributed by atoms with van der Waals surface area (Å²) in [4.78, 5) is 38.0. The number of aliphatic carboxylic acids is 1. The van der Waals surface area contributed by atoms with Gasteiger partial charge < -0.3 is 25.2 Å². The number of carboxylic acid groups (broad SMARTS) is 1.